The molecule has 0 spiro atoms. The number of aryl methyl sites for hydroxylation is 1. The van der Waals surface area contributed by atoms with Gasteiger partial charge in [-0.15, -0.1) is 0 Å². The number of rotatable bonds is 8. The Morgan fingerprint density at radius 1 is 1.03 bits per heavy atom. The van der Waals surface area contributed by atoms with Crippen molar-refractivity contribution in [1.29, 1.82) is 0 Å². The lowest BCUT2D eigenvalue weighted by molar-refractivity contribution is 0.102. The van der Waals surface area contributed by atoms with Crippen molar-refractivity contribution in [3.63, 3.8) is 0 Å². The molecule has 0 saturated carbocycles. The van der Waals surface area contributed by atoms with Gasteiger partial charge in [0, 0.05) is 47.5 Å². The van der Waals surface area contributed by atoms with Crippen molar-refractivity contribution in [3.05, 3.63) is 107 Å². The highest BCUT2D eigenvalue weighted by molar-refractivity contribution is 6.05. The van der Waals surface area contributed by atoms with Crippen LogP contribution in [-0.2, 0) is 6.54 Å². The number of furan rings is 1. The van der Waals surface area contributed by atoms with Gasteiger partial charge in [-0.2, -0.15) is 0 Å². The summed E-state index contributed by atoms with van der Waals surface area (Å²) in [7, 11) is 0. The standard InChI is InChI=1S/C27H22F3N7O2/c1-15-3-4-18(35-26(38)19-10-20(28)25(30)16(2)24(19)29)9-21(15)36-27-31-6-7-37(27)23-11-22(33-14-34-23)32-12-17-5-8-39-13-17/h3-11,13-14H,12H2,1-2H3,(H,31,36)(H,35,38)(H,32,33,34). The summed E-state index contributed by atoms with van der Waals surface area (Å²) in [5, 5.41) is 8.94. The number of hydrogen-bond acceptors (Lipinski definition) is 7. The van der Waals surface area contributed by atoms with Gasteiger partial charge in [-0.05, 0) is 43.7 Å². The molecule has 5 rings (SSSR count). The molecule has 0 fully saturated rings. The molecule has 3 N–H and O–H groups in total. The summed E-state index contributed by atoms with van der Waals surface area (Å²) >= 11 is 0. The number of imidazole rings is 1. The molecule has 0 bridgehead atoms. The molecule has 0 radical (unpaired) electrons. The van der Waals surface area contributed by atoms with Gasteiger partial charge in [-0.25, -0.2) is 28.1 Å². The van der Waals surface area contributed by atoms with E-state index in [2.05, 4.69) is 30.9 Å². The first-order chi connectivity index (χ1) is 18.8. The minimum absolute atomic E-state index is 0.306. The second-order valence-electron chi connectivity index (χ2n) is 8.64. The van der Waals surface area contributed by atoms with Gasteiger partial charge in [0.05, 0.1) is 18.1 Å². The van der Waals surface area contributed by atoms with Gasteiger partial charge in [-0.3, -0.25) is 9.36 Å². The van der Waals surface area contributed by atoms with Crippen molar-refractivity contribution in [3.8, 4) is 5.82 Å². The lowest BCUT2D eigenvalue weighted by Gasteiger charge is -2.14. The third-order valence-corrected chi connectivity index (χ3v) is 5.96. The van der Waals surface area contributed by atoms with Crippen molar-refractivity contribution in [2.75, 3.05) is 16.0 Å². The quantitative estimate of drug-likeness (QED) is 0.213. The molecule has 0 aliphatic rings. The lowest BCUT2D eigenvalue weighted by atomic mass is 10.1. The zero-order valence-corrected chi connectivity index (χ0v) is 20.8. The highest BCUT2D eigenvalue weighted by Crippen LogP contribution is 2.26. The number of nitrogens with one attached hydrogen (secondary N) is 3. The Bertz CT molecular complexity index is 1650. The molecule has 198 valence electrons. The molecular weight excluding hydrogens is 511 g/mol. The Morgan fingerprint density at radius 2 is 1.87 bits per heavy atom. The number of amides is 1. The van der Waals surface area contributed by atoms with Crippen LogP contribution in [0, 0.1) is 31.3 Å². The van der Waals surface area contributed by atoms with Gasteiger partial charge in [-0.1, -0.05) is 6.07 Å². The fourth-order valence-electron chi connectivity index (χ4n) is 3.79. The van der Waals surface area contributed by atoms with Crippen LogP contribution < -0.4 is 16.0 Å². The maximum absolute atomic E-state index is 14.4. The maximum Gasteiger partial charge on any atom is 0.258 e. The number of aromatic nitrogens is 4. The number of halogens is 3. The summed E-state index contributed by atoms with van der Waals surface area (Å²) in [5.74, 6) is -3.09. The third kappa shape index (κ3) is 5.44. The van der Waals surface area contributed by atoms with Crippen LogP contribution in [0.5, 0.6) is 0 Å². The Balaban J connectivity index is 1.35. The molecule has 0 saturated heterocycles. The fourth-order valence-corrected chi connectivity index (χ4v) is 3.79. The van der Waals surface area contributed by atoms with E-state index in [1.807, 2.05) is 13.0 Å². The van der Waals surface area contributed by atoms with E-state index < -0.39 is 34.5 Å². The molecule has 0 atom stereocenters. The minimum Gasteiger partial charge on any atom is -0.472 e. The van der Waals surface area contributed by atoms with Gasteiger partial charge in [0.25, 0.3) is 5.91 Å². The van der Waals surface area contributed by atoms with Crippen LogP contribution in [0.25, 0.3) is 5.82 Å². The summed E-state index contributed by atoms with van der Waals surface area (Å²) in [6.45, 7) is 3.44. The summed E-state index contributed by atoms with van der Waals surface area (Å²) in [4.78, 5) is 25.6. The van der Waals surface area contributed by atoms with Crippen LogP contribution in [0.15, 0.2) is 72.1 Å². The third-order valence-electron chi connectivity index (χ3n) is 5.96. The summed E-state index contributed by atoms with van der Waals surface area (Å²) < 4.78 is 48.7. The Morgan fingerprint density at radius 3 is 2.67 bits per heavy atom. The number of carbonyl (C=O) groups excluding carboxylic acids is 1. The van der Waals surface area contributed by atoms with E-state index in [4.69, 9.17) is 4.42 Å². The highest BCUT2D eigenvalue weighted by atomic mass is 19.2. The molecule has 9 nitrogen and oxygen atoms in total. The first kappa shape index (κ1) is 25.5. The predicted octanol–water partition coefficient (Wildman–Crippen LogP) is 5.90. The monoisotopic (exact) mass is 533 g/mol. The molecule has 3 aromatic heterocycles. The van der Waals surface area contributed by atoms with Crippen LogP contribution in [-0.4, -0.2) is 25.4 Å². The second kappa shape index (κ2) is 10.7. The largest absolute Gasteiger partial charge is 0.472 e. The zero-order chi connectivity index (χ0) is 27.5. The van der Waals surface area contributed by atoms with Crippen molar-refractivity contribution in [2.45, 2.75) is 20.4 Å². The SMILES string of the molecule is Cc1ccc(NC(=O)c2cc(F)c(F)c(C)c2F)cc1Nc1nccn1-c1cc(NCc2ccoc2)ncn1. The molecule has 0 aliphatic heterocycles. The fraction of sp³-hybridized carbons (Fsp3) is 0.111. The topological polar surface area (TPSA) is 110 Å². The number of nitrogens with zero attached hydrogens (tertiary/aromatic N) is 4. The molecule has 12 heteroatoms. The summed E-state index contributed by atoms with van der Waals surface area (Å²) in [6.07, 6.45) is 7.98. The Hall–Kier alpha value is -5.13. The van der Waals surface area contributed by atoms with Gasteiger partial charge in [0.2, 0.25) is 5.95 Å². The summed E-state index contributed by atoms with van der Waals surface area (Å²) in [6, 6.07) is 9.11. The average Bonchev–Trinajstić information content (AvgIpc) is 3.63. The van der Waals surface area contributed by atoms with Crippen LogP contribution in [0.3, 0.4) is 0 Å². The van der Waals surface area contributed by atoms with Crippen LogP contribution in [0.1, 0.15) is 27.0 Å². The second-order valence-corrected chi connectivity index (χ2v) is 8.64. The number of benzene rings is 2. The van der Waals surface area contributed by atoms with E-state index in [1.165, 1.54) is 6.33 Å². The van der Waals surface area contributed by atoms with E-state index in [1.54, 1.807) is 53.8 Å². The van der Waals surface area contributed by atoms with E-state index in [0.29, 0.717) is 41.6 Å². The lowest BCUT2D eigenvalue weighted by Crippen LogP contribution is -2.16. The molecular formula is C27H22F3N7O2. The Labute approximate surface area is 220 Å². The predicted molar refractivity (Wildman–Crippen MR) is 139 cm³/mol. The van der Waals surface area contributed by atoms with E-state index in [9.17, 15) is 18.0 Å². The zero-order valence-electron chi connectivity index (χ0n) is 20.8. The van der Waals surface area contributed by atoms with E-state index >= 15 is 0 Å². The normalized spacial score (nSPS) is 10.9. The first-order valence-corrected chi connectivity index (χ1v) is 11.7. The van der Waals surface area contributed by atoms with Gasteiger partial charge in [0.15, 0.2) is 11.6 Å². The average molecular weight is 534 g/mol. The molecule has 5 aromatic rings. The Kier molecular flexibility index (Phi) is 7.00. The van der Waals surface area contributed by atoms with Crippen molar-refractivity contribution in [2.24, 2.45) is 0 Å². The molecule has 39 heavy (non-hydrogen) atoms. The van der Waals surface area contributed by atoms with Crippen LogP contribution in [0.2, 0.25) is 0 Å². The number of anilines is 4. The molecule has 1 amide bonds. The van der Waals surface area contributed by atoms with Gasteiger partial charge in [0.1, 0.15) is 23.8 Å². The van der Waals surface area contributed by atoms with Crippen molar-refractivity contribution in [1.82, 2.24) is 19.5 Å². The molecule has 0 unspecified atom stereocenters. The van der Waals surface area contributed by atoms with E-state index in [-0.39, 0.29) is 0 Å². The number of hydrogen-bond donors (Lipinski definition) is 3. The number of carbonyl (C=O) groups is 1. The van der Waals surface area contributed by atoms with Crippen LogP contribution >= 0.6 is 0 Å². The van der Waals surface area contributed by atoms with Crippen LogP contribution in [0.4, 0.5) is 36.3 Å². The van der Waals surface area contributed by atoms with Gasteiger partial charge < -0.3 is 20.4 Å². The smallest absolute Gasteiger partial charge is 0.258 e. The highest BCUT2D eigenvalue weighted by Gasteiger charge is 2.21. The van der Waals surface area contributed by atoms with Crippen molar-refractivity contribution >= 4 is 29.0 Å². The van der Waals surface area contributed by atoms with Crippen molar-refractivity contribution < 1.29 is 22.4 Å². The van der Waals surface area contributed by atoms with E-state index in [0.717, 1.165) is 18.1 Å². The minimum atomic E-state index is -1.33. The maximum atomic E-state index is 14.4. The molecule has 2 aromatic carbocycles. The molecule has 3 heterocycles. The van der Waals surface area contributed by atoms with Gasteiger partial charge >= 0.3 is 0 Å². The summed E-state index contributed by atoms with van der Waals surface area (Å²) in [5.41, 5.74) is 1.52. The molecule has 0 aliphatic carbocycles. The first-order valence-electron chi connectivity index (χ1n) is 11.7.